The van der Waals surface area contributed by atoms with E-state index in [0.717, 1.165) is 15.8 Å². The summed E-state index contributed by atoms with van der Waals surface area (Å²) in [6.07, 6.45) is 0. The van der Waals surface area contributed by atoms with Crippen LogP contribution in [0.2, 0.25) is 0 Å². The molecule has 0 bridgehead atoms. The van der Waals surface area contributed by atoms with E-state index in [1.54, 1.807) is 4.57 Å². The van der Waals surface area contributed by atoms with E-state index in [4.69, 9.17) is 5.73 Å². The molecule has 0 saturated heterocycles. The van der Waals surface area contributed by atoms with Gasteiger partial charge in [0, 0.05) is 16.2 Å². The molecule has 1 heterocycles. The highest BCUT2D eigenvalue weighted by Crippen LogP contribution is 2.22. The summed E-state index contributed by atoms with van der Waals surface area (Å²) in [6, 6.07) is 18.4. The second-order valence-corrected chi connectivity index (χ2v) is 5.56. The molecule has 0 aliphatic heterocycles. The van der Waals surface area contributed by atoms with Gasteiger partial charge in [0.25, 0.3) is 5.56 Å². The van der Waals surface area contributed by atoms with Gasteiger partial charge in [0.05, 0.1) is 5.69 Å². The lowest BCUT2D eigenvalue weighted by Gasteiger charge is -2.16. The van der Waals surface area contributed by atoms with Crippen molar-refractivity contribution in [3.8, 4) is 5.69 Å². The molecule has 0 spiro atoms. The van der Waals surface area contributed by atoms with Crippen molar-refractivity contribution in [2.24, 2.45) is 0 Å². The molecule has 3 rings (SSSR count). The highest BCUT2D eigenvalue weighted by Gasteiger charge is 2.10. The molecule has 0 unspecified atom stereocenters. The first-order chi connectivity index (χ1) is 10.6. The van der Waals surface area contributed by atoms with Crippen LogP contribution in [0.1, 0.15) is 0 Å². The van der Waals surface area contributed by atoms with Gasteiger partial charge in [0.15, 0.2) is 0 Å². The van der Waals surface area contributed by atoms with Crippen molar-refractivity contribution in [3.05, 3.63) is 75.5 Å². The zero-order valence-corrected chi connectivity index (χ0v) is 13.1. The normalized spacial score (nSPS) is 10.4. The van der Waals surface area contributed by atoms with Gasteiger partial charge in [-0.15, -0.1) is 0 Å². The van der Waals surface area contributed by atoms with E-state index in [-0.39, 0.29) is 5.56 Å². The summed E-state index contributed by atoms with van der Waals surface area (Å²) in [6.45, 7) is 0. The number of anilines is 3. The number of para-hydroxylation sites is 1. The molecule has 0 aliphatic rings. The number of hydrogen-bond donors (Lipinski definition) is 2. The SMILES string of the molecule is Nc1cc(=O)nc(Nc2ccccc2)n1-c1ccc(Br)cc1. The maximum Gasteiger partial charge on any atom is 0.276 e. The standard InChI is InChI=1S/C16H13BrN4O/c17-11-6-8-13(9-7-11)21-14(18)10-15(22)20-16(21)19-12-4-2-1-3-5-12/h1-10H,18H2,(H,19,20,22). The van der Waals surface area contributed by atoms with Crippen molar-refractivity contribution in [3.63, 3.8) is 0 Å². The first kappa shape index (κ1) is 14.3. The average molecular weight is 357 g/mol. The van der Waals surface area contributed by atoms with Crippen LogP contribution < -0.4 is 16.6 Å². The second kappa shape index (κ2) is 6.03. The lowest BCUT2D eigenvalue weighted by atomic mass is 10.3. The van der Waals surface area contributed by atoms with Crippen LogP contribution in [0.4, 0.5) is 17.5 Å². The fraction of sp³-hybridized carbons (Fsp3) is 0. The minimum Gasteiger partial charge on any atom is -0.385 e. The molecule has 5 nitrogen and oxygen atoms in total. The molecule has 3 aromatic rings. The molecule has 0 atom stereocenters. The van der Waals surface area contributed by atoms with Crippen LogP contribution in [0, 0.1) is 0 Å². The number of nitrogens with two attached hydrogens (primary N) is 1. The molecule has 3 N–H and O–H groups in total. The summed E-state index contributed by atoms with van der Waals surface area (Å²) in [4.78, 5) is 15.7. The smallest absolute Gasteiger partial charge is 0.276 e. The van der Waals surface area contributed by atoms with Crippen LogP contribution in [-0.2, 0) is 0 Å². The minimum atomic E-state index is -0.385. The molecule has 22 heavy (non-hydrogen) atoms. The number of nitrogens with zero attached hydrogens (tertiary/aromatic N) is 2. The van der Waals surface area contributed by atoms with Crippen LogP contribution in [0.3, 0.4) is 0 Å². The third-order valence-electron chi connectivity index (χ3n) is 3.07. The molecular formula is C16H13BrN4O. The third kappa shape index (κ3) is 3.01. The maximum atomic E-state index is 11.7. The first-order valence-corrected chi connectivity index (χ1v) is 7.40. The molecule has 2 aromatic carbocycles. The van der Waals surface area contributed by atoms with Gasteiger partial charge in [-0.2, -0.15) is 4.98 Å². The van der Waals surface area contributed by atoms with Crippen molar-refractivity contribution >= 4 is 33.4 Å². The second-order valence-electron chi connectivity index (χ2n) is 4.65. The molecule has 110 valence electrons. The van der Waals surface area contributed by atoms with Crippen LogP contribution in [0.15, 0.2) is 69.9 Å². The van der Waals surface area contributed by atoms with Crippen molar-refractivity contribution in [2.45, 2.75) is 0 Å². The monoisotopic (exact) mass is 356 g/mol. The molecule has 0 saturated carbocycles. The fourth-order valence-electron chi connectivity index (χ4n) is 2.10. The number of hydrogen-bond acceptors (Lipinski definition) is 4. The summed E-state index contributed by atoms with van der Waals surface area (Å²) in [7, 11) is 0. The van der Waals surface area contributed by atoms with Crippen molar-refractivity contribution in [1.29, 1.82) is 0 Å². The largest absolute Gasteiger partial charge is 0.385 e. The third-order valence-corrected chi connectivity index (χ3v) is 3.60. The van der Waals surface area contributed by atoms with Crippen LogP contribution in [0.25, 0.3) is 5.69 Å². The lowest BCUT2D eigenvalue weighted by molar-refractivity contribution is 0.987. The highest BCUT2D eigenvalue weighted by molar-refractivity contribution is 9.10. The van der Waals surface area contributed by atoms with E-state index in [0.29, 0.717) is 11.8 Å². The Bertz CT molecular complexity index is 844. The predicted molar refractivity (Wildman–Crippen MR) is 91.7 cm³/mol. The topological polar surface area (TPSA) is 72.9 Å². The summed E-state index contributed by atoms with van der Waals surface area (Å²) < 4.78 is 2.65. The summed E-state index contributed by atoms with van der Waals surface area (Å²) in [5.74, 6) is 0.694. The van der Waals surface area contributed by atoms with E-state index >= 15 is 0 Å². The summed E-state index contributed by atoms with van der Waals surface area (Å²) in [5, 5.41) is 3.13. The first-order valence-electron chi connectivity index (χ1n) is 6.61. The van der Waals surface area contributed by atoms with E-state index < -0.39 is 0 Å². The van der Waals surface area contributed by atoms with Gasteiger partial charge in [-0.3, -0.25) is 9.36 Å². The number of aromatic nitrogens is 2. The number of nitrogens with one attached hydrogen (secondary N) is 1. The van der Waals surface area contributed by atoms with Gasteiger partial charge >= 0.3 is 0 Å². The molecule has 0 aliphatic carbocycles. The Labute approximate surface area is 135 Å². The Morgan fingerprint density at radius 1 is 1.05 bits per heavy atom. The van der Waals surface area contributed by atoms with Crippen LogP contribution in [-0.4, -0.2) is 9.55 Å². The average Bonchev–Trinajstić information content (AvgIpc) is 2.49. The van der Waals surface area contributed by atoms with Crippen molar-refractivity contribution < 1.29 is 0 Å². The van der Waals surface area contributed by atoms with Gasteiger partial charge in [-0.05, 0) is 36.4 Å². The van der Waals surface area contributed by atoms with Gasteiger partial charge in [-0.25, -0.2) is 0 Å². The quantitative estimate of drug-likeness (QED) is 0.754. The summed E-state index contributed by atoms with van der Waals surface area (Å²) >= 11 is 3.40. The number of benzene rings is 2. The number of rotatable bonds is 3. The number of nitrogen functional groups attached to an aromatic ring is 1. The predicted octanol–water partition coefficient (Wildman–Crippen LogP) is 3.32. The zero-order valence-electron chi connectivity index (χ0n) is 11.5. The van der Waals surface area contributed by atoms with Gasteiger partial charge < -0.3 is 11.1 Å². The lowest BCUT2D eigenvalue weighted by Crippen LogP contribution is -2.18. The molecule has 1 aromatic heterocycles. The Hall–Kier alpha value is -2.60. The highest BCUT2D eigenvalue weighted by atomic mass is 79.9. The molecule has 0 radical (unpaired) electrons. The van der Waals surface area contributed by atoms with Crippen LogP contribution >= 0.6 is 15.9 Å². The van der Waals surface area contributed by atoms with Crippen molar-refractivity contribution in [2.75, 3.05) is 11.1 Å². The van der Waals surface area contributed by atoms with E-state index in [9.17, 15) is 4.79 Å². The van der Waals surface area contributed by atoms with Gasteiger partial charge in [-0.1, -0.05) is 34.1 Å². The Morgan fingerprint density at radius 2 is 1.73 bits per heavy atom. The van der Waals surface area contributed by atoms with Gasteiger partial charge in [0.1, 0.15) is 5.82 Å². The maximum absolute atomic E-state index is 11.7. The Balaban J connectivity index is 2.12. The van der Waals surface area contributed by atoms with Crippen molar-refractivity contribution in [1.82, 2.24) is 9.55 Å². The summed E-state index contributed by atoms with van der Waals surface area (Å²) in [5.41, 5.74) is 7.27. The van der Waals surface area contributed by atoms with E-state index in [1.165, 1.54) is 6.07 Å². The number of halogens is 1. The van der Waals surface area contributed by atoms with E-state index in [1.807, 2.05) is 54.6 Å². The van der Waals surface area contributed by atoms with Crippen LogP contribution in [0.5, 0.6) is 0 Å². The fourth-order valence-corrected chi connectivity index (χ4v) is 2.36. The molecule has 0 fully saturated rings. The zero-order chi connectivity index (χ0) is 15.5. The Kier molecular flexibility index (Phi) is 3.93. The molecule has 0 amide bonds. The van der Waals surface area contributed by atoms with Gasteiger partial charge in [0.2, 0.25) is 5.95 Å². The Morgan fingerprint density at radius 3 is 2.41 bits per heavy atom. The molecular weight excluding hydrogens is 344 g/mol. The molecule has 6 heteroatoms. The minimum absolute atomic E-state index is 0.320. The van der Waals surface area contributed by atoms with E-state index in [2.05, 4.69) is 26.2 Å².